The number of amidine groups is 1. The maximum atomic E-state index is 13.8. The molecule has 0 aromatic heterocycles. The van der Waals surface area contributed by atoms with Gasteiger partial charge >= 0.3 is 0 Å². The molecule has 1 aliphatic heterocycles. The van der Waals surface area contributed by atoms with Gasteiger partial charge in [0.15, 0.2) is 5.17 Å². The Morgan fingerprint density at radius 1 is 1.23 bits per heavy atom. The number of carbonyl (C=O) groups excluding carboxylic acids is 2. The van der Waals surface area contributed by atoms with E-state index < -0.39 is 16.9 Å². The van der Waals surface area contributed by atoms with Gasteiger partial charge in [0.1, 0.15) is 16.9 Å². The Kier molecular flexibility index (Phi) is 6.51. The highest BCUT2D eigenvalue weighted by Crippen LogP contribution is 2.25. The second kappa shape index (κ2) is 9.08. The van der Waals surface area contributed by atoms with Gasteiger partial charge in [-0.1, -0.05) is 36.5 Å². The third-order valence-corrected chi connectivity index (χ3v) is 5.52. The van der Waals surface area contributed by atoms with E-state index in [1.165, 1.54) is 6.07 Å². The first-order chi connectivity index (χ1) is 14.2. The molecule has 1 atom stereocenters. The van der Waals surface area contributed by atoms with Crippen LogP contribution in [0.3, 0.4) is 0 Å². The van der Waals surface area contributed by atoms with E-state index in [-0.39, 0.29) is 34.7 Å². The van der Waals surface area contributed by atoms with Crippen molar-refractivity contribution in [1.29, 1.82) is 0 Å². The fraction of sp³-hybridized carbons (Fsp3) is 0.190. The molecule has 2 aromatic carbocycles. The van der Waals surface area contributed by atoms with Crippen LogP contribution in [0.15, 0.2) is 48.1 Å². The molecule has 3 N–H and O–H groups in total. The molecule has 0 radical (unpaired) electrons. The van der Waals surface area contributed by atoms with Crippen molar-refractivity contribution in [2.75, 3.05) is 5.32 Å². The fourth-order valence-electron chi connectivity index (χ4n) is 2.88. The van der Waals surface area contributed by atoms with E-state index in [4.69, 9.17) is 0 Å². The van der Waals surface area contributed by atoms with Crippen LogP contribution in [0.5, 0.6) is 0 Å². The van der Waals surface area contributed by atoms with Gasteiger partial charge < -0.3 is 10.6 Å². The first-order valence-electron chi connectivity index (χ1n) is 9.06. The highest BCUT2D eigenvalue weighted by Gasteiger charge is 2.32. The average molecular weight is 430 g/mol. The predicted molar refractivity (Wildman–Crippen MR) is 115 cm³/mol. The number of thioether (sulfide) groups is 1. The highest BCUT2D eigenvalue weighted by molar-refractivity contribution is 8.15. The lowest BCUT2D eigenvalue weighted by molar-refractivity contribution is -0.122. The van der Waals surface area contributed by atoms with Crippen molar-refractivity contribution in [1.82, 2.24) is 10.7 Å². The van der Waals surface area contributed by atoms with Crippen LogP contribution in [0.4, 0.5) is 14.5 Å². The number of hydrazone groups is 1. The van der Waals surface area contributed by atoms with Crippen LogP contribution in [0.1, 0.15) is 23.1 Å². The van der Waals surface area contributed by atoms with Crippen LogP contribution in [-0.2, 0) is 9.59 Å². The first-order valence-corrected chi connectivity index (χ1v) is 9.94. The van der Waals surface area contributed by atoms with Gasteiger partial charge in [-0.15, -0.1) is 5.10 Å². The summed E-state index contributed by atoms with van der Waals surface area (Å²) >= 11 is 1.08. The van der Waals surface area contributed by atoms with Gasteiger partial charge in [0, 0.05) is 23.7 Å². The lowest BCUT2D eigenvalue weighted by Crippen LogP contribution is -2.28. The standard InChI is InChI=1S/C21H20F2N4O2S/c1-11-5-4-6-12(2)19(11)24-18(28)10-17-20(29)25-21(30-17)27-26-13(3)15-8-7-14(22)9-16(15)23/h4-9,17,26H,3,10H2,1-2H3,(H,24,28)(H,25,27,29). The first kappa shape index (κ1) is 21.5. The predicted octanol–water partition coefficient (Wildman–Crippen LogP) is 3.67. The van der Waals surface area contributed by atoms with Crippen molar-refractivity contribution < 1.29 is 18.4 Å². The summed E-state index contributed by atoms with van der Waals surface area (Å²) in [5, 5.41) is 8.98. The zero-order chi connectivity index (χ0) is 21.8. The summed E-state index contributed by atoms with van der Waals surface area (Å²) in [4.78, 5) is 24.6. The third kappa shape index (κ3) is 5.04. The van der Waals surface area contributed by atoms with E-state index in [2.05, 4.69) is 27.7 Å². The molecule has 2 amide bonds. The van der Waals surface area contributed by atoms with E-state index in [0.29, 0.717) is 0 Å². The maximum absolute atomic E-state index is 13.8. The lowest BCUT2D eigenvalue weighted by atomic mass is 10.1. The van der Waals surface area contributed by atoms with E-state index in [1.54, 1.807) is 0 Å². The van der Waals surface area contributed by atoms with Gasteiger partial charge in [0.2, 0.25) is 11.8 Å². The molecule has 0 bridgehead atoms. The Hall–Kier alpha value is -3.20. The SMILES string of the molecule is C=C(NN=C1NC(=O)C(CC(=O)Nc2c(C)cccc2C)S1)c1ccc(F)cc1F. The second-order valence-electron chi connectivity index (χ2n) is 6.75. The third-order valence-electron chi connectivity index (χ3n) is 4.44. The van der Waals surface area contributed by atoms with E-state index in [9.17, 15) is 18.4 Å². The van der Waals surface area contributed by atoms with E-state index in [1.807, 2.05) is 32.0 Å². The number of nitrogens with zero attached hydrogens (tertiary/aromatic N) is 1. The van der Waals surface area contributed by atoms with Gasteiger partial charge in [-0.05, 0) is 37.1 Å². The summed E-state index contributed by atoms with van der Waals surface area (Å²) < 4.78 is 26.8. The number of para-hydroxylation sites is 1. The number of carbonyl (C=O) groups is 2. The number of hydrogen-bond acceptors (Lipinski definition) is 5. The molecule has 1 saturated heterocycles. The van der Waals surface area contributed by atoms with Crippen molar-refractivity contribution in [3.05, 3.63) is 71.3 Å². The summed E-state index contributed by atoms with van der Waals surface area (Å²) in [7, 11) is 0. The number of benzene rings is 2. The number of anilines is 1. The van der Waals surface area contributed by atoms with Crippen LogP contribution in [-0.4, -0.2) is 22.2 Å². The van der Waals surface area contributed by atoms with Gasteiger partial charge in [0.05, 0.1) is 5.70 Å². The zero-order valence-corrected chi connectivity index (χ0v) is 17.2. The van der Waals surface area contributed by atoms with Crippen LogP contribution in [0, 0.1) is 25.5 Å². The number of nitrogens with one attached hydrogen (secondary N) is 3. The van der Waals surface area contributed by atoms with Crippen molar-refractivity contribution in [2.24, 2.45) is 5.10 Å². The highest BCUT2D eigenvalue weighted by atomic mass is 32.2. The molecule has 1 fully saturated rings. The molecule has 3 rings (SSSR count). The number of amides is 2. The minimum absolute atomic E-state index is 0.0309. The molecule has 0 saturated carbocycles. The molecule has 30 heavy (non-hydrogen) atoms. The summed E-state index contributed by atoms with van der Waals surface area (Å²) in [5.41, 5.74) is 5.31. The van der Waals surface area contributed by atoms with Gasteiger partial charge in [0.25, 0.3) is 0 Å². The maximum Gasteiger partial charge on any atom is 0.240 e. The minimum Gasteiger partial charge on any atom is -0.326 e. The van der Waals surface area contributed by atoms with Crippen molar-refractivity contribution in [3.63, 3.8) is 0 Å². The number of aryl methyl sites for hydroxylation is 2. The fourth-order valence-corrected chi connectivity index (χ4v) is 3.80. The average Bonchev–Trinajstić information content (AvgIpc) is 3.02. The summed E-state index contributed by atoms with van der Waals surface area (Å²) in [6.07, 6.45) is -0.0309. The molecule has 1 aliphatic rings. The molecular weight excluding hydrogens is 410 g/mol. The smallest absolute Gasteiger partial charge is 0.240 e. The van der Waals surface area contributed by atoms with Crippen LogP contribution in [0.25, 0.3) is 5.70 Å². The Balaban J connectivity index is 1.59. The summed E-state index contributed by atoms with van der Waals surface area (Å²) in [6, 6.07) is 8.78. The molecular formula is C21H20F2N4O2S. The molecule has 6 nitrogen and oxygen atoms in total. The van der Waals surface area contributed by atoms with Crippen molar-refractivity contribution in [3.8, 4) is 0 Å². The molecule has 156 valence electrons. The van der Waals surface area contributed by atoms with Gasteiger partial charge in [-0.3, -0.25) is 15.0 Å². The van der Waals surface area contributed by atoms with Gasteiger partial charge in [-0.25, -0.2) is 8.78 Å². The van der Waals surface area contributed by atoms with Crippen molar-refractivity contribution >= 4 is 40.1 Å². The Bertz CT molecular complexity index is 1040. The molecule has 0 aliphatic carbocycles. The summed E-state index contributed by atoms with van der Waals surface area (Å²) in [6.45, 7) is 7.45. The van der Waals surface area contributed by atoms with E-state index >= 15 is 0 Å². The van der Waals surface area contributed by atoms with Crippen molar-refractivity contribution in [2.45, 2.75) is 25.5 Å². The molecule has 1 heterocycles. The van der Waals surface area contributed by atoms with Crippen LogP contribution in [0.2, 0.25) is 0 Å². The largest absolute Gasteiger partial charge is 0.326 e. The second-order valence-corrected chi connectivity index (χ2v) is 7.94. The lowest BCUT2D eigenvalue weighted by Gasteiger charge is -2.12. The Morgan fingerprint density at radius 2 is 1.93 bits per heavy atom. The molecule has 9 heteroatoms. The zero-order valence-electron chi connectivity index (χ0n) is 16.4. The van der Waals surface area contributed by atoms with Gasteiger partial charge in [-0.2, -0.15) is 0 Å². The normalized spacial score (nSPS) is 17.0. The molecule has 2 aromatic rings. The molecule has 1 unspecified atom stereocenters. The number of hydrogen-bond donors (Lipinski definition) is 3. The number of rotatable bonds is 6. The monoisotopic (exact) mass is 430 g/mol. The number of halogens is 2. The summed E-state index contributed by atoms with van der Waals surface area (Å²) in [5.74, 6) is -2.12. The Morgan fingerprint density at radius 3 is 2.60 bits per heavy atom. The van der Waals surface area contributed by atoms with E-state index in [0.717, 1.165) is 40.7 Å². The quantitative estimate of drug-likeness (QED) is 0.611. The topological polar surface area (TPSA) is 82.6 Å². The van der Waals surface area contributed by atoms with Crippen LogP contribution < -0.4 is 16.1 Å². The minimum atomic E-state index is -0.781. The molecule has 0 spiro atoms. The Labute approximate surface area is 176 Å². The van der Waals surface area contributed by atoms with Crippen LogP contribution >= 0.6 is 11.8 Å².